The van der Waals surface area contributed by atoms with Gasteiger partial charge in [0.1, 0.15) is 0 Å². The highest BCUT2D eigenvalue weighted by molar-refractivity contribution is 7.85. The zero-order chi connectivity index (χ0) is 13.9. The molecule has 2 rings (SSSR count). The van der Waals surface area contributed by atoms with Gasteiger partial charge in [0.25, 0.3) is 10.1 Å². The number of ether oxygens (including phenoxy) is 1. The first-order chi connectivity index (χ1) is 8.24. The van der Waals surface area contributed by atoms with Crippen molar-refractivity contribution in [3.05, 3.63) is 11.6 Å². The standard InChI is InChI=1S/C10H15NO2.CH4O3S/c1-11-7-3-5-8(10(12)13-2)9(11)6-4-7;1-5(2,3)4/h5,7,9H,3-4,6H2,1-2H3;1H3,(H,2,3,4)/t7-,9+;/m0./s1. The molecule has 18 heavy (non-hydrogen) atoms. The SMILES string of the molecule is COC(=O)C1=CC[C@H]2CC[C@H]1N2C.CS(=O)(=O)O. The van der Waals surface area contributed by atoms with Crippen LogP contribution < -0.4 is 0 Å². The lowest BCUT2D eigenvalue weighted by molar-refractivity contribution is -0.136. The van der Waals surface area contributed by atoms with Crippen molar-refractivity contribution in [3.63, 3.8) is 0 Å². The van der Waals surface area contributed by atoms with Gasteiger partial charge in [0.2, 0.25) is 0 Å². The van der Waals surface area contributed by atoms with Crippen molar-refractivity contribution >= 4 is 16.1 Å². The Labute approximate surface area is 107 Å². The molecule has 1 saturated heterocycles. The molecule has 0 aliphatic carbocycles. The Morgan fingerprint density at radius 1 is 1.50 bits per heavy atom. The van der Waals surface area contributed by atoms with E-state index in [2.05, 4.69) is 11.9 Å². The monoisotopic (exact) mass is 277 g/mol. The van der Waals surface area contributed by atoms with Crippen molar-refractivity contribution in [1.29, 1.82) is 0 Å². The van der Waals surface area contributed by atoms with Crippen molar-refractivity contribution < 1.29 is 22.5 Å². The third-order valence-corrected chi connectivity index (χ3v) is 3.23. The lowest BCUT2D eigenvalue weighted by atomic mass is 10.0. The van der Waals surface area contributed by atoms with E-state index in [1.54, 1.807) is 0 Å². The molecule has 2 aliphatic rings. The lowest BCUT2D eigenvalue weighted by Crippen LogP contribution is -2.38. The number of carbonyl (C=O) groups is 1. The van der Waals surface area contributed by atoms with E-state index >= 15 is 0 Å². The number of hydrogen-bond donors (Lipinski definition) is 1. The molecule has 7 heteroatoms. The molecule has 0 unspecified atom stereocenters. The van der Waals surface area contributed by atoms with Gasteiger partial charge in [-0.1, -0.05) is 6.08 Å². The molecule has 2 aliphatic heterocycles. The minimum Gasteiger partial charge on any atom is -0.466 e. The van der Waals surface area contributed by atoms with Gasteiger partial charge in [0.05, 0.1) is 18.9 Å². The summed E-state index contributed by atoms with van der Waals surface area (Å²) in [6.45, 7) is 0. The molecule has 104 valence electrons. The molecule has 0 aromatic heterocycles. The van der Waals surface area contributed by atoms with E-state index in [4.69, 9.17) is 9.29 Å². The largest absolute Gasteiger partial charge is 0.466 e. The van der Waals surface area contributed by atoms with Gasteiger partial charge in [-0.3, -0.25) is 9.45 Å². The maximum absolute atomic E-state index is 11.4. The number of fused-ring (bicyclic) bond motifs is 2. The summed E-state index contributed by atoms with van der Waals surface area (Å²) in [5.41, 5.74) is 0.860. The number of methoxy groups -OCH3 is 1. The molecule has 0 spiro atoms. The molecule has 0 saturated carbocycles. The fourth-order valence-corrected chi connectivity index (χ4v) is 2.41. The summed E-state index contributed by atoms with van der Waals surface area (Å²) in [7, 11) is -0.123. The number of rotatable bonds is 1. The van der Waals surface area contributed by atoms with E-state index in [-0.39, 0.29) is 5.97 Å². The van der Waals surface area contributed by atoms with Gasteiger partial charge in [-0.25, -0.2) is 4.79 Å². The van der Waals surface area contributed by atoms with Crippen LogP contribution in [0.5, 0.6) is 0 Å². The summed E-state index contributed by atoms with van der Waals surface area (Å²) in [5.74, 6) is -0.155. The maximum Gasteiger partial charge on any atom is 0.335 e. The predicted octanol–water partition coefficient (Wildman–Crippen LogP) is 0.456. The average molecular weight is 277 g/mol. The summed E-state index contributed by atoms with van der Waals surface area (Å²) in [6.07, 6.45) is 6.07. The highest BCUT2D eigenvalue weighted by atomic mass is 32.2. The third kappa shape index (κ3) is 4.08. The van der Waals surface area contributed by atoms with Gasteiger partial charge >= 0.3 is 5.97 Å². The third-order valence-electron chi connectivity index (χ3n) is 3.23. The molecular weight excluding hydrogens is 258 g/mol. The average Bonchev–Trinajstić information content (AvgIpc) is 2.50. The smallest absolute Gasteiger partial charge is 0.335 e. The Bertz CT molecular complexity index is 434. The second-order valence-corrected chi connectivity index (χ2v) is 6.00. The fraction of sp³-hybridized carbons (Fsp3) is 0.727. The van der Waals surface area contributed by atoms with Crippen LogP contribution in [-0.4, -0.2) is 56.3 Å². The van der Waals surface area contributed by atoms with Crippen LogP contribution in [-0.2, 0) is 19.6 Å². The molecule has 0 aromatic rings. The van der Waals surface area contributed by atoms with E-state index in [0.717, 1.165) is 18.4 Å². The van der Waals surface area contributed by atoms with Gasteiger partial charge in [-0.15, -0.1) is 0 Å². The molecule has 0 aromatic carbocycles. The van der Waals surface area contributed by atoms with Crippen molar-refractivity contribution in [1.82, 2.24) is 4.90 Å². The van der Waals surface area contributed by atoms with Crippen LogP contribution >= 0.6 is 0 Å². The van der Waals surface area contributed by atoms with Gasteiger partial charge in [0.15, 0.2) is 0 Å². The zero-order valence-corrected chi connectivity index (χ0v) is 11.6. The number of hydrogen-bond acceptors (Lipinski definition) is 5. The molecule has 2 heterocycles. The molecule has 2 bridgehead atoms. The second kappa shape index (κ2) is 5.81. The van der Waals surface area contributed by atoms with Crippen molar-refractivity contribution in [2.75, 3.05) is 20.4 Å². The van der Waals surface area contributed by atoms with E-state index in [1.807, 2.05) is 6.08 Å². The Hall–Kier alpha value is -0.920. The molecular formula is C11H19NO5S. The van der Waals surface area contributed by atoms with Crippen LogP contribution in [0.2, 0.25) is 0 Å². The van der Waals surface area contributed by atoms with Gasteiger partial charge < -0.3 is 4.74 Å². The van der Waals surface area contributed by atoms with Crippen LogP contribution in [0.1, 0.15) is 19.3 Å². The Kier molecular flexibility index (Phi) is 4.89. The minimum absolute atomic E-state index is 0.155. The molecule has 1 N–H and O–H groups in total. The quantitative estimate of drug-likeness (QED) is 0.553. The molecule has 6 nitrogen and oxygen atoms in total. The summed E-state index contributed by atoms with van der Waals surface area (Å²) >= 11 is 0. The first-order valence-electron chi connectivity index (χ1n) is 5.66. The first kappa shape index (κ1) is 15.1. The Balaban J connectivity index is 0.000000280. The molecule has 0 radical (unpaired) electrons. The molecule has 1 fully saturated rings. The number of esters is 1. The summed E-state index contributed by atoms with van der Waals surface area (Å²) < 4.78 is 30.6. The van der Waals surface area contributed by atoms with Crippen molar-refractivity contribution in [2.24, 2.45) is 0 Å². The molecule has 2 atom stereocenters. The Morgan fingerprint density at radius 2 is 2.06 bits per heavy atom. The lowest BCUT2D eigenvalue weighted by Gasteiger charge is -2.30. The van der Waals surface area contributed by atoms with E-state index in [9.17, 15) is 13.2 Å². The molecule has 0 amide bonds. The number of carbonyl (C=O) groups excluding carboxylic acids is 1. The summed E-state index contributed by atoms with van der Waals surface area (Å²) in [4.78, 5) is 13.7. The van der Waals surface area contributed by atoms with Gasteiger partial charge in [0, 0.05) is 12.1 Å². The number of nitrogens with zero attached hydrogens (tertiary/aromatic N) is 1. The van der Waals surface area contributed by atoms with Crippen LogP contribution in [0.15, 0.2) is 11.6 Å². The minimum atomic E-state index is -3.67. The van der Waals surface area contributed by atoms with E-state index in [1.165, 1.54) is 13.5 Å². The van der Waals surface area contributed by atoms with Crippen LogP contribution in [0.3, 0.4) is 0 Å². The fourth-order valence-electron chi connectivity index (χ4n) is 2.41. The van der Waals surface area contributed by atoms with Crippen LogP contribution in [0.25, 0.3) is 0 Å². The second-order valence-electron chi connectivity index (χ2n) is 4.53. The number of likely N-dealkylation sites (N-methyl/N-ethyl adjacent to an activating group) is 1. The van der Waals surface area contributed by atoms with Gasteiger partial charge in [-0.05, 0) is 26.3 Å². The van der Waals surface area contributed by atoms with Crippen LogP contribution in [0.4, 0.5) is 0 Å². The highest BCUT2D eigenvalue weighted by Crippen LogP contribution is 2.34. The summed E-state index contributed by atoms with van der Waals surface area (Å²) in [5, 5.41) is 0. The first-order valence-corrected chi connectivity index (χ1v) is 7.51. The van der Waals surface area contributed by atoms with Gasteiger partial charge in [-0.2, -0.15) is 8.42 Å². The van der Waals surface area contributed by atoms with E-state index in [0.29, 0.717) is 18.3 Å². The van der Waals surface area contributed by atoms with Crippen LogP contribution in [0, 0.1) is 0 Å². The highest BCUT2D eigenvalue weighted by Gasteiger charge is 2.38. The van der Waals surface area contributed by atoms with Crippen molar-refractivity contribution in [2.45, 2.75) is 31.3 Å². The zero-order valence-electron chi connectivity index (χ0n) is 10.8. The predicted molar refractivity (Wildman–Crippen MR) is 66.8 cm³/mol. The van der Waals surface area contributed by atoms with E-state index < -0.39 is 10.1 Å². The topological polar surface area (TPSA) is 83.9 Å². The maximum atomic E-state index is 11.4. The van der Waals surface area contributed by atoms with Crippen molar-refractivity contribution in [3.8, 4) is 0 Å². The normalized spacial score (nSPS) is 27.0. The Morgan fingerprint density at radius 3 is 2.56 bits per heavy atom. The summed E-state index contributed by atoms with van der Waals surface area (Å²) in [6, 6.07) is 0.963.